The summed E-state index contributed by atoms with van der Waals surface area (Å²) in [7, 11) is 0. The summed E-state index contributed by atoms with van der Waals surface area (Å²) < 4.78 is 6.30. The number of benzene rings is 1. The molecule has 1 aromatic rings. The Morgan fingerprint density at radius 1 is 1.47 bits per heavy atom. The van der Waals surface area contributed by atoms with Gasteiger partial charge in [-0.1, -0.05) is 29.8 Å². The minimum atomic E-state index is -0.875. The van der Waals surface area contributed by atoms with Crippen molar-refractivity contribution in [1.29, 1.82) is 5.26 Å². The van der Waals surface area contributed by atoms with Crippen molar-refractivity contribution in [3.05, 3.63) is 28.7 Å². The van der Waals surface area contributed by atoms with E-state index >= 15 is 0 Å². The molecule has 1 amide bonds. The van der Waals surface area contributed by atoms with Crippen LogP contribution in [0.1, 0.15) is 20.8 Å². The molecule has 102 valence electrons. The molecule has 0 aliphatic heterocycles. The molecule has 0 aliphatic rings. The molecule has 5 heteroatoms. The first-order valence-corrected chi connectivity index (χ1v) is 6.77. The summed E-state index contributed by atoms with van der Waals surface area (Å²) in [6, 6.07) is 9.32. The molecule has 0 saturated heterocycles. The third-order valence-corrected chi connectivity index (χ3v) is 3.50. The summed E-state index contributed by atoms with van der Waals surface area (Å²) in [5.74, 6) is 0.330. The van der Waals surface area contributed by atoms with Crippen LogP contribution in [0.15, 0.2) is 28.7 Å². The van der Waals surface area contributed by atoms with E-state index in [9.17, 15) is 4.79 Å². The number of nitrogens with one attached hydrogen (secondary N) is 1. The molecule has 0 unspecified atom stereocenters. The van der Waals surface area contributed by atoms with Crippen molar-refractivity contribution in [2.45, 2.75) is 26.3 Å². The molecule has 19 heavy (non-hydrogen) atoms. The molecule has 0 heterocycles. The van der Waals surface area contributed by atoms with Crippen LogP contribution in [0.4, 0.5) is 0 Å². The van der Waals surface area contributed by atoms with Gasteiger partial charge in [-0.2, -0.15) is 5.26 Å². The zero-order valence-electron chi connectivity index (χ0n) is 11.2. The third-order valence-electron chi connectivity index (χ3n) is 2.97. The van der Waals surface area contributed by atoms with Gasteiger partial charge in [0.1, 0.15) is 11.3 Å². The molecule has 0 bridgehead atoms. The van der Waals surface area contributed by atoms with E-state index in [-0.39, 0.29) is 18.4 Å². The van der Waals surface area contributed by atoms with Crippen molar-refractivity contribution in [2.75, 3.05) is 6.61 Å². The fourth-order valence-corrected chi connectivity index (χ4v) is 1.57. The van der Waals surface area contributed by atoms with Gasteiger partial charge < -0.3 is 10.1 Å². The average Bonchev–Trinajstić information content (AvgIpc) is 2.37. The van der Waals surface area contributed by atoms with Gasteiger partial charge in [-0.25, -0.2) is 0 Å². The molecule has 1 atom stereocenters. The molecule has 1 N–H and O–H groups in total. The predicted octanol–water partition coefficient (Wildman–Crippen LogP) is 2.88. The SMILES string of the molecule is CC(C)[C@@](C)(C#N)NC(=O)COc1ccc(Br)cc1. The van der Waals surface area contributed by atoms with Crippen molar-refractivity contribution in [1.82, 2.24) is 5.32 Å². The highest BCUT2D eigenvalue weighted by atomic mass is 79.9. The molecule has 0 aliphatic carbocycles. The number of halogens is 1. The van der Waals surface area contributed by atoms with E-state index in [0.717, 1.165) is 4.47 Å². The van der Waals surface area contributed by atoms with Crippen LogP contribution < -0.4 is 10.1 Å². The second kappa shape index (κ2) is 6.58. The number of amides is 1. The van der Waals surface area contributed by atoms with Crippen LogP contribution in [0.3, 0.4) is 0 Å². The van der Waals surface area contributed by atoms with E-state index in [1.165, 1.54) is 0 Å². The normalized spacial score (nSPS) is 13.5. The summed E-state index contributed by atoms with van der Waals surface area (Å²) in [4.78, 5) is 11.8. The van der Waals surface area contributed by atoms with Crippen LogP contribution in [-0.4, -0.2) is 18.1 Å². The first-order valence-electron chi connectivity index (χ1n) is 5.98. The summed E-state index contributed by atoms with van der Waals surface area (Å²) in [5.41, 5.74) is -0.875. The van der Waals surface area contributed by atoms with E-state index in [0.29, 0.717) is 5.75 Å². The molecular formula is C14H17BrN2O2. The highest BCUT2D eigenvalue weighted by Crippen LogP contribution is 2.17. The van der Waals surface area contributed by atoms with Crippen LogP contribution in [-0.2, 0) is 4.79 Å². The van der Waals surface area contributed by atoms with Crippen molar-refractivity contribution >= 4 is 21.8 Å². The Morgan fingerprint density at radius 2 is 2.05 bits per heavy atom. The van der Waals surface area contributed by atoms with Crippen LogP contribution in [0.2, 0.25) is 0 Å². The lowest BCUT2D eigenvalue weighted by molar-refractivity contribution is -0.124. The Bertz CT molecular complexity index is 479. The number of hydrogen-bond acceptors (Lipinski definition) is 3. The zero-order valence-corrected chi connectivity index (χ0v) is 12.8. The average molecular weight is 325 g/mol. The molecule has 0 spiro atoms. The van der Waals surface area contributed by atoms with E-state index in [4.69, 9.17) is 10.00 Å². The maximum Gasteiger partial charge on any atom is 0.259 e. The fourth-order valence-electron chi connectivity index (χ4n) is 1.31. The van der Waals surface area contributed by atoms with E-state index in [1.807, 2.05) is 26.0 Å². The fraction of sp³-hybridized carbons (Fsp3) is 0.429. The molecule has 0 aromatic heterocycles. The molecule has 0 saturated carbocycles. The van der Waals surface area contributed by atoms with Crippen LogP contribution in [0.25, 0.3) is 0 Å². The first-order chi connectivity index (χ1) is 8.87. The molecular weight excluding hydrogens is 308 g/mol. The maximum atomic E-state index is 11.8. The minimum absolute atomic E-state index is 0.0223. The van der Waals surface area contributed by atoms with Gasteiger partial charge in [0.2, 0.25) is 0 Å². The van der Waals surface area contributed by atoms with Gasteiger partial charge in [0.05, 0.1) is 6.07 Å². The number of nitriles is 1. The van der Waals surface area contributed by atoms with Gasteiger partial charge >= 0.3 is 0 Å². The summed E-state index contributed by atoms with van der Waals surface area (Å²) in [6.07, 6.45) is 0. The first kappa shape index (κ1) is 15.5. The standard InChI is InChI=1S/C14H17BrN2O2/c1-10(2)14(3,9-16)17-13(18)8-19-12-6-4-11(15)5-7-12/h4-7,10H,8H2,1-3H3,(H,17,18)/t14-/m1/s1. The van der Waals surface area contributed by atoms with Crippen molar-refractivity contribution in [3.8, 4) is 11.8 Å². The van der Waals surface area contributed by atoms with Crippen molar-refractivity contribution < 1.29 is 9.53 Å². The molecule has 1 aromatic carbocycles. The van der Waals surface area contributed by atoms with Gasteiger partial charge in [0, 0.05) is 4.47 Å². The largest absolute Gasteiger partial charge is 0.484 e. The van der Waals surface area contributed by atoms with E-state index < -0.39 is 5.54 Å². The second-order valence-electron chi connectivity index (χ2n) is 4.76. The predicted molar refractivity (Wildman–Crippen MR) is 76.6 cm³/mol. The van der Waals surface area contributed by atoms with Gasteiger partial charge in [0.15, 0.2) is 6.61 Å². The van der Waals surface area contributed by atoms with E-state index in [2.05, 4.69) is 27.3 Å². The molecule has 0 radical (unpaired) electrons. The third kappa shape index (κ3) is 4.56. The number of hydrogen-bond donors (Lipinski definition) is 1. The second-order valence-corrected chi connectivity index (χ2v) is 5.68. The lowest BCUT2D eigenvalue weighted by Crippen LogP contribution is -2.50. The number of rotatable bonds is 5. The monoisotopic (exact) mass is 324 g/mol. The number of ether oxygens (including phenoxy) is 1. The lowest BCUT2D eigenvalue weighted by Gasteiger charge is -2.27. The number of carbonyl (C=O) groups excluding carboxylic acids is 1. The summed E-state index contributed by atoms with van der Waals surface area (Å²) in [6.45, 7) is 5.37. The lowest BCUT2D eigenvalue weighted by atomic mass is 9.90. The highest BCUT2D eigenvalue weighted by molar-refractivity contribution is 9.10. The molecule has 0 fully saturated rings. The highest BCUT2D eigenvalue weighted by Gasteiger charge is 2.29. The number of carbonyl (C=O) groups is 1. The zero-order chi connectivity index (χ0) is 14.5. The Labute approximate surface area is 121 Å². The van der Waals surface area contributed by atoms with E-state index in [1.54, 1.807) is 19.1 Å². The molecule has 4 nitrogen and oxygen atoms in total. The summed E-state index contributed by atoms with van der Waals surface area (Å²) in [5, 5.41) is 11.8. The number of nitrogens with zero attached hydrogens (tertiary/aromatic N) is 1. The van der Waals surface area contributed by atoms with Gasteiger partial charge in [0.25, 0.3) is 5.91 Å². The Morgan fingerprint density at radius 3 is 2.53 bits per heavy atom. The quantitative estimate of drug-likeness (QED) is 0.905. The van der Waals surface area contributed by atoms with Gasteiger partial charge in [-0.3, -0.25) is 4.79 Å². The van der Waals surface area contributed by atoms with Crippen LogP contribution in [0, 0.1) is 17.2 Å². The van der Waals surface area contributed by atoms with Crippen molar-refractivity contribution in [3.63, 3.8) is 0 Å². The van der Waals surface area contributed by atoms with Gasteiger partial charge in [-0.05, 0) is 37.1 Å². The summed E-state index contributed by atoms with van der Waals surface area (Å²) >= 11 is 3.32. The maximum absolute atomic E-state index is 11.8. The van der Waals surface area contributed by atoms with Crippen molar-refractivity contribution in [2.24, 2.45) is 5.92 Å². The molecule has 1 rings (SSSR count). The Kier molecular flexibility index (Phi) is 5.37. The topological polar surface area (TPSA) is 62.1 Å². The minimum Gasteiger partial charge on any atom is -0.484 e. The van der Waals surface area contributed by atoms with Crippen LogP contribution in [0.5, 0.6) is 5.75 Å². The Hall–Kier alpha value is -1.54. The van der Waals surface area contributed by atoms with Gasteiger partial charge in [-0.15, -0.1) is 0 Å². The van der Waals surface area contributed by atoms with Crippen LogP contribution >= 0.6 is 15.9 Å². The smallest absolute Gasteiger partial charge is 0.259 e. The Balaban J connectivity index is 2.53.